The molecule has 0 saturated heterocycles. The van der Waals surface area contributed by atoms with Crippen LogP contribution in [0.15, 0.2) is 53.5 Å². The van der Waals surface area contributed by atoms with E-state index < -0.39 is 0 Å². The standard InChI is InChI=1S/C21H28N4O2.HI/c1-5-22-21(25(3)15-17-9-7-6-8-10-17)23-14-18-11-12-20(27-4)19(13-18)24-16(2)26;/h6-13H,5,14-15H2,1-4H3,(H,22,23)(H,24,26);1H. The van der Waals surface area contributed by atoms with E-state index in [1.54, 1.807) is 7.11 Å². The summed E-state index contributed by atoms with van der Waals surface area (Å²) >= 11 is 0. The summed E-state index contributed by atoms with van der Waals surface area (Å²) in [5.74, 6) is 1.33. The van der Waals surface area contributed by atoms with Crippen molar-refractivity contribution in [2.24, 2.45) is 4.99 Å². The number of halogens is 1. The van der Waals surface area contributed by atoms with Gasteiger partial charge in [0.25, 0.3) is 0 Å². The van der Waals surface area contributed by atoms with E-state index in [2.05, 4.69) is 27.7 Å². The molecule has 0 aliphatic heterocycles. The molecule has 0 radical (unpaired) electrons. The number of hydrogen-bond donors (Lipinski definition) is 2. The summed E-state index contributed by atoms with van der Waals surface area (Å²) in [6.45, 7) is 5.59. The van der Waals surface area contributed by atoms with Gasteiger partial charge in [0, 0.05) is 27.1 Å². The van der Waals surface area contributed by atoms with Gasteiger partial charge in [-0.1, -0.05) is 36.4 Å². The van der Waals surface area contributed by atoms with E-state index in [0.717, 1.165) is 24.6 Å². The normalized spacial score (nSPS) is 10.6. The molecule has 152 valence electrons. The Balaban J connectivity index is 0.00000392. The average Bonchev–Trinajstić information content (AvgIpc) is 2.65. The molecule has 2 rings (SSSR count). The third kappa shape index (κ3) is 7.38. The minimum Gasteiger partial charge on any atom is -0.495 e. The monoisotopic (exact) mass is 496 g/mol. The summed E-state index contributed by atoms with van der Waals surface area (Å²) in [6.07, 6.45) is 0. The Morgan fingerprint density at radius 3 is 2.46 bits per heavy atom. The van der Waals surface area contributed by atoms with Crippen LogP contribution in [-0.2, 0) is 17.9 Å². The fourth-order valence-corrected chi connectivity index (χ4v) is 2.71. The molecule has 0 aliphatic carbocycles. The predicted octanol–water partition coefficient (Wildman–Crippen LogP) is 3.87. The molecule has 0 unspecified atom stereocenters. The zero-order valence-electron chi connectivity index (χ0n) is 16.9. The lowest BCUT2D eigenvalue weighted by Gasteiger charge is -2.22. The highest BCUT2D eigenvalue weighted by Crippen LogP contribution is 2.25. The Hall–Kier alpha value is -2.29. The quantitative estimate of drug-likeness (QED) is 0.347. The van der Waals surface area contributed by atoms with Crippen molar-refractivity contribution in [3.8, 4) is 5.75 Å². The molecule has 1 amide bonds. The first-order valence-electron chi connectivity index (χ1n) is 9.01. The topological polar surface area (TPSA) is 66.0 Å². The number of aliphatic imine (C=N–C) groups is 1. The van der Waals surface area contributed by atoms with Crippen LogP contribution in [0.25, 0.3) is 0 Å². The van der Waals surface area contributed by atoms with Crippen LogP contribution in [0.3, 0.4) is 0 Å². The van der Waals surface area contributed by atoms with E-state index in [4.69, 9.17) is 9.73 Å². The van der Waals surface area contributed by atoms with Crippen molar-refractivity contribution in [1.29, 1.82) is 0 Å². The van der Waals surface area contributed by atoms with Gasteiger partial charge in [-0.2, -0.15) is 0 Å². The van der Waals surface area contributed by atoms with Crippen LogP contribution in [0.5, 0.6) is 5.75 Å². The van der Waals surface area contributed by atoms with Crippen molar-refractivity contribution in [2.45, 2.75) is 26.9 Å². The van der Waals surface area contributed by atoms with E-state index in [0.29, 0.717) is 18.0 Å². The third-order valence-electron chi connectivity index (χ3n) is 3.95. The molecule has 0 saturated carbocycles. The van der Waals surface area contributed by atoms with Crippen molar-refractivity contribution >= 4 is 41.5 Å². The Morgan fingerprint density at radius 2 is 1.86 bits per heavy atom. The molecule has 0 spiro atoms. The summed E-state index contributed by atoms with van der Waals surface area (Å²) < 4.78 is 5.30. The molecule has 28 heavy (non-hydrogen) atoms. The molecule has 7 heteroatoms. The van der Waals surface area contributed by atoms with E-state index in [1.165, 1.54) is 12.5 Å². The maximum atomic E-state index is 11.4. The van der Waals surface area contributed by atoms with Gasteiger partial charge in [0.1, 0.15) is 5.75 Å². The van der Waals surface area contributed by atoms with Gasteiger partial charge < -0.3 is 20.3 Å². The fraction of sp³-hybridized carbons (Fsp3) is 0.333. The van der Waals surface area contributed by atoms with E-state index >= 15 is 0 Å². The SMILES string of the molecule is CCNC(=NCc1ccc(OC)c(NC(C)=O)c1)N(C)Cc1ccccc1.I. The van der Waals surface area contributed by atoms with Crippen molar-refractivity contribution in [2.75, 3.05) is 26.0 Å². The Labute approximate surface area is 184 Å². The Bertz CT molecular complexity index is 781. The number of nitrogens with zero attached hydrogens (tertiary/aromatic N) is 2. The number of nitrogens with one attached hydrogen (secondary N) is 2. The van der Waals surface area contributed by atoms with Crippen LogP contribution in [0.2, 0.25) is 0 Å². The molecule has 0 heterocycles. The lowest BCUT2D eigenvalue weighted by atomic mass is 10.2. The average molecular weight is 496 g/mol. The van der Waals surface area contributed by atoms with Crippen molar-refractivity contribution in [3.63, 3.8) is 0 Å². The fourth-order valence-electron chi connectivity index (χ4n) is 2.71. The second-order valence-corrected chi connectivity index (χ2v) is 6.23. The van der Waals surface area contributed by atoms with Gasteiger partial charge in [-0.3, -0.25) is 4.79 Å². The molecule has 0 atom stereocenters. The number of hydrogen-bond acceptors (Lipinski definition) is 3. The van der Waals surface area contributed by atoms with Crippen molar-refractivity contribution in [3.05, 3.63) is 59.7 Å². The Kier molecular flexibility index (Phi) is 10.4. The number of amides is 1. The molecule has 2 N–H and O–H groups in total. The number of carbonyl (C=O) groups excluding carboxylic acids is 1. The van der Waals surface area contributed by atoms with Crippen LogP contribution < -0.4 is 15.4 Å². The molecule has 0 bridgehead atoms. The predicted molar refractivity (Wildman–Crippen MR) is 125 cm³/mol. The van der Waals surface area contributed by atoms with Gasteiger partial charge in [-0.15, -0.1) is 24.0 Å². The second-order valence-electron chi connectivity index (χ2n) is 6.23. The van der Waals surface area contributed by atoms with E-state index in [1.807, 2.05) is 50.4 Å². The summed E-state index contributed by atoms with van der Waals surface area (Å²) in [5, 5.41) is 6.12. The van der Waals surface area contributed by atoms with Gasteiger partial charge in [0.05, 0.1) is 19.3 Å². The highest BCUT2D eigenvalue weighted by Gasteiger charge is 2.08. The lowest BCUT2D eigenvalue weighted by Crippen LogP contribution is -2.38. The van der Waals surface area contributed by atoms with Crippen molar-refractivity contribution in [1.82, 2.24) is 10.2 Å². The third-order valence-corrected chi connectivity index (χ3v) is 3.95. The minimum absolute atomic E-state index is 0. The van der Waals surface area contributed by atoms with Crippen LogP contribution in [0, 0.1) is 0 Å². The summed E-state index contributed by atoms with van der Waals surface area (Å²) in [7, 11) is 3.60. The number of guanidine groups is 1. The highest BCUT2D eigenvalue weighted by atomic mass is 127. The van der Waals surface area contributed by atoms with Crippen molar-refractivity contribution < 1.29 is 9.53 Å². The van der Waals surface area contributed by atoms with Gasteiger partial charge in [-0.05, 0) is 30.2 Å². The zero-order chi connectivity index (χ0) is 19.6. The van der Waals surface area contributed by atoms with E-state index in [9.17, 15) is 4.79 Å². The number of ether oxygens (including phenoxy) is 1. The van der Waals surface area contributed by atoms with Gasteiger partial charge in [-0.25, -0.2) is 4.99 Å². The number of benzene rings is 2. The first-order valence-corrected chi connectivity index (χ1v) is 9.01. The molecule has 0 aliphatic rings. The van der Waals surface area contributed by atoms with E-state index in [-0.39, 0.29) is 29.9 Å². The molecular formula is C21H29IN4O2. The molecule has 0 fully saturated rings. The largest absolute Gasteiger partial charge is 0.495 e. The molecule has 2 aromatic carbocycles. The highest BCUT2D eigenvalue weighted by molar-refractivity contribution is 14.0. The molecule has 6 nitrogen and oxygen atoms in total. The number of rotatable bonds is 7. The van der Waals surface area contributed by atoms with Gasteiger partial charge in [0.15, 0.2) is 5.96 Å². The first kappa shape index (κ1) is 23.7. The molecule has 0 aromatic heterocycles. The number of carbonyl (C=O) groups is 1. The summed E-state index contributed by atoms with van der Waals surface area (Å²) in [4.78, 5) is 18.2. The maximum absolute atomic E-state index is 11.4. The second kappa shape index (κ2) is 12.2. The van der Waals surface area contributed by atoms with Gasteiger partial charge in [0.2, 0.25) is 5.91 Å². The van der Waals surface area contributed by atoms with Crippen LogP contribution in [0.1, 0.15) is 25.0 Å². The first-order chi connectivity index (χ1) is 13.0. The van der Waals surface area contributed by atoms with Crippen LogP contribution in [-0.4, -0.2) is 37.5 Å². The maximum Gasteiger partial charge on any atom is 0.221 e. The lowest BCUT2D eigenvalue weighted by molar-refractivity contribution is -0.114. The Morgan fingerprint density at radius 1 is 1.14 bits per heavy atom. The molecular weight excluding hydrogens is 467 g/mol. The number of anilines is 1. The minimum atomic E-state index is -0.134. The molecule has 2 aromatic rings. The number of methoxy groups -OCH3 is 1. The summed E-state index contributed by atoms with van der Waals surface area (Å²) in [6, 6.07) is 16.0. The smallest absolute Gasteiger partial charge is 0.221 e. The summed E-state index contributed by atoms with van der Waals surface area (Å²) in [5.41, 5.74) is 2.87. The zero-order valence-corrected chi connectivity index (χ0v) is 19.2. The van der Waals surface area contributed by atoms with Gasteiger partial charge >= 0.3 is 0 Å². The van der Waals surface area contributed by atoms with Crippen LogP contribution >= 0.6 is 24.0 Å². The van der Waals surface area contributed by atoms with Crippen LogP contribution in [0.4, 0.5) is 5.69 Å².